The van der Waals surface area contributed by atoms with Crippen LogP contribution in [0.25, 0.3) is 0 Å². The van der Waals surface area contributed by atoms with Crippen LogP contribution in [0.1, 0.15) is 22.0 Å². The third-order valence-electron chi connectivity index (χ3n) is 2.52. The van der Waals surface area contributed by atoms with E-state index < -0.39 is 6.04 Å². The summed E-state index contributed by atoms with van der Waals surface area (Å²) >= 11 is 10.7. The van der Waals surface area contributed by atoms with Crippen molar-refractivity contribution in [3.63, 3.8) is 0 Å². The Morgan fingerprint density at radius 2 is 2.18 bits per heavy atom. The van der Waals surface area contributed by atoms with E-state index in [9.17, 15) is 4.39 Å². The van der Waals surface area contributed by atoms with Gasteiger partial charge >= 0.3 is 0 Å². The van der Waals surface area contributed by atoms with Crippen LogP contribution in [-0.4, -0.2) is 0 Å². The van der Waals surface area contributed by atoms with Gasteiger partial charge in [0, 0.05) is 10.4 Å². The highest BCUT2D eigenvalue weighted by atomic mass is 79.9. The predicted octanol–water partition coefficient (Wildman–Crippen LogP) is 4.66. The van der Waals surface area contributed by atoms with Crippen LogP contribution in [0.4, 0.5) is 4.39 Å². The maximum atomic E-state index is 13.9. The molecule has 2 N–H and O–H groups in total. The molecule has 0 saturated carbocycles. The Bertz CT molecular complexity index is 555. The molecule has 90 valence electrons. The summed E-state index contributed by atoms with van der Waals surface area (Å²) in [6, 6.07) is 4.55. The maximum absolute atomic E-state index is 13.9. The smallest absolute Gasteiger partial charge is 0.142 e. The lowest BCUT2D eigenvalue weighted by Crippen LogP contribution is -2.12. The Morgan fingerprint density at radius 3 is 2.76 bits per heavy atom. The topological polar surface area (TPSA) is 26.0 Å². The van der Waals surface area contributed by atoms with Gasteiger partial charge in [0.05, 0.1) is 15.5 Å². The molecule has 1 unspecified atom stereocenters. The molecule has 1 aromatic carbocycles. The molecule has 0 radical (unpaired) electrons. The summed E-state index contributed by atoms with van der Waals surface area (Å²) in [7, 11) is 0. The standard InChI is InChI=1S/C12H10BrClFNS/c1-6-5-17-12(9(6)14)11(16)7-3-2-4-8(13)10(7)15/h2-5,11H,16H2,1H3. The number of hydrogen-bond acceptors (Lipinski definition) is 2. The van der Waals surface area contributed by atoms with Gasteiger partial charge in [0.2, 0.25) is 0 Å². The van der Waals surface area contributed by atoms with E-state index in [1.807, 2.05) is 12.3 Å². The van der Waals surface area contributed by atoms with Gasteiger partial charge in [-0.25, -0.2) is 4.39 Å². The summed E-state index contributed by atoms with van der Waals surface area (Å²) in [5.41, 5.74) is 7.48. The molecule has 1 aromatic heterocycles. The average molecular weight is 335 g/mol. The second-order valence-electron chi connectivity index (χ2n) is 3.72. The van der Waals surface area contributed by atoms with Crippen molar-refractivity contribution in [3.05, 3.63) is 54.9 Å². The molecule has 0 aliphatic rings. The van der Waals surface area contributed by atoms with E-state index in [0.717, 1.165) is 10.4 Å². The summed E-state index contributed by atoms with van der Waals surface area (Å²) in [4.78, 5) is 0.793. The van der Waals surface area contributed by atoms with Crippen molar-refractivity contribution < 1.29 is 4.39 Å². The minimum absolute atomic E-state index is 0.331. The molecular formula is C12H10BrClFNS. The van der Waals surface area contributed by atoms with Gasteiger partial charge in [0.1, 0.15) is 5.82 Å². The van der Waals surface area contributed by atoms with E-state index in [0.29, 0.717) is 15.1 Å². The van der Waals surface area contributed by atoms with Gasteiger partial charge in [-0.3, -0.25) is 0 Å². The minimum Gasteiger partial charge on any atom is -0.319 e. The summed E-state index contributed by atoms with van der Waals surface area (Å²) in [6.07, 6.45) is 0. The van der Waals surface area contributed by atoms with Crippen LogP contribution in [0, 0.1) is 12.7 Å². The van der Waals surface area contributed by atoms with Crippen LogP contribution in [-0.2, 0) is 0 Å². The molecule has 5 heteroatoms. The van der Waals surface area contributed by atoms with Gasteiger partial charge in [-0.2, -0.15) is 0 Å². The lowest BCUT2D eigenvalue weighted by atomic mass is 10.1. The van der Waals surface area contributed by atoms with Crippen molar-refractivity contribution in [2.24, 2.45) is 5.73 Å². The van der Waals surface area contributed by atoms with Crippen LogP contribution in [0.2, 0.25) is 5.02 Å². The van der Waals surface area contributed by atoms with Crippen molar-refractivity contribution in [2.75, 3.05) is 0 Å². The first kappa shape index (κ1) is 13.0. The van der Waals surface area contributed by atoms with Gasteiger partial charge in [0.15, 0.2) is 0 Å². The van der Waals surface area contributed by atoms with E-state index >= 15 is 0 Å². The molecule has 2 rings (SSSR count). The minimum atomic E-state index is -0.529. The second kappa shape index (κ2) is 5.06. The van der Waals surface area contributed by atoms with Crippen LogP contribution < -0.4 is 5.73 Å². The molecule has 1 heterocycles. The van der Waals surface area contributed by atoms with E-state index in [4.69, 9.17) is 17.3 Å². The number of halogens is 3. The molecule has 0 saturated heterocycles. The largest absolute Gasteiger partial charge is 0.319 e. The van der Waals surface area contributed by atoms with Gasteiger partial charge in [-0.15, -0.1) is 11.3 Å². The third kappa shape index (κ3) is 2.40. The highest BCUT2D eigenvalue weighted by molar-refractivity contribution is 9.10. The molecule has 0 bridgehead atoms. The maximum Gasteiger partial charge on any atom is 0.142 e. The van der Waals surface area contributed by atoms with Gasteiger partial charge < -0.3 is 5.73 Å². The number of thiophene rings is 1. The molecule has 17 heavy (non-hydrogen) atoms. The zero-order chi connectivity index (χ0) is 12.6. The molecule has 1 nitrogen and oxygen atoms in total. The molecule has 0 fully saturated rings. The van der Waals surface area contributed by atoms with E-state index in [1.54, 1.807) is 18.2 Å². The highest BCUT2D eigenvalue weighted by Crippen LogP contribution is 2.36. The Morgan fingerprint density at radius 1 is 1.47 bits per heavy atom. The van der Waals surface area contributed by atoms with Crippen LogP contribution in [0.15, 0.2) is 28.1 Å². The van der Waals surface area contributed by atoms with Crippen LogP contribution in [0.3, 0.4) is 0 Å². The number of benzene rings is 1. The Kier molecular flexibility index (Phi) is 3.88. The normalized spacial score (nSPS) is 12.8. The van der Waals surface area contributed by atoms with Crippen LogP contribution >= 0.6 is 38.9 Å². The number of hydrogen-bond donors (Lipinski definition) is 1. The predicted molar refractivity (Wildman–Crippen MR) is 74.2 cm³/mol. The fraction of sp³-hybridized carbons (Fsp3) is 0.167. The molecule has 2 aromatic rings. The number of nitrogens with two attached hydrogens (primary N) is 1. The summed E-state index contributed by atoms with van der Waals surface area (Å²) in [5, 5.41) is 2.55. The SMILES string of the molecule is Cc1csc(C(N)c2cccc(Br)c2F)c1Cl. The van der Waals surface area contributed by atoms with Gasteiger partial charge in [0.25, 0.3) is 0 Å². The molecule has 1 atom stereocenters. The monoisotopic (exact) mass is 333 g/mol. The van der Waals surface area contributed by atoms with Crippen LogP contribution in [0.5, 0.6) is 0 Å². The zero-order valence-electron chi connectivity index (χ0n) is 9.01. The van der Waals surface area contributed by atoms with Crippen molar-refractivity contribution >= 4 is 38.9 Å². The van der Waals surface area contributed by atoms with E-state index in [1.165, 1.54) is 11.3 Å². The van der Waals surface area contributed by atoms with Crippen molar-refractivity contribution in [2.45, 2.75) is 13.0 Å². The zero-order valence-corrected chi connectivity index (χ0v) is 12.2. The Hall–Kier alpha value is -0.420. The first-order valence-corrected chi connectivity index (χ1v) is 7.00. The molecule has 0 amide bonds. The molecule has 0 aliphatic heterocycles. The van der Waals surface area contributed by atoms with Crippen molar-refractivity contribution in [3.8, 4) is 0 Å². The first-order chi connectivity index (χ1) is 8.02. The van der Waals surface area contributed by atoms with Crippen molar-refractivity contribution in [1.29, 1.82) is 0 Å². The van der Waals surface area contributed by atoms with Gasteiger partial charge in [-0.05, 0) is 39.9 Å². The second-order valence-corrected chi connectivity index (χ2v) is 5.86. The fourth-order valence-electron chi connectivity index (χ4n) is 1.56. The lowest BCUT2D eigenvalue weighted by Gasteiger charge is -2.12. The number of rotatable bonds is 2. The lowest BCUT2D eigenvalue weighted by molar-refractivity contribution is 0.594. The van der Waals surface area contributed by atoms with Gasteiger partial charge in [-0.1, -0.05) is 23.7 Å². The Labute approximate surface area is 117 Å². The quantitative estimate of drug-likeness (QED) is 0.849. The molecular weight excluding hydrogens is 325 g/mol. The van der Waals surface area contributed by atoms with E-state index in [-0.39, 0.29) is 5.82 Å². The average Bonchev–Trinajstić information content (AvgIpc) is 2.63. The summed E-state index contributed by atoms with van der Waals surface area (Å²) < 4.78 is 14.3. The number of aryl methyl sites for hydroxylation is 1. The molecule has 0 aliphatic carbocycles. The highest BCUT2D eigenvalue weighted by Gasteiger charge is 2.20. The first-order valence-electron chi connectivity index (χ1n) is 4.95. The Balaban J connectivity index is 2.47. The van der Waals surface area contributed by atoms with E-state index in [2.05, 4.69) is 15.9 Å². The summed E-state index contributed by atoms with van der Waals surface area (Å²) in [6.45, 7) is 1.91. The fourth-order valence-corrected chi connectivity index (χ4v) is 3.27. The molecule has 0 spiro atoms. The van der Waals surface area contributed by atoms with Crippen molar-refractivity contribution in [1.82, 2.24) is 0 Å². The third-order valence-corrected chi connectivity index (χ3v) is 4.93. The summed E-state index contributed by atoms with van der Waals surface area (Å²) in [5.74, 6) is -0.331.